The third kappa shape index (κ3) is 2.32. The van der Waals surface area contributed by atoms with Gasteiger partial charge in [-0.1, -0.05) is 23.2 Å². The van der Waals surface area contributed by atoms with Gasteiger partial charge in [0.1, 0.15) is 0 Å². The van der Waals surface area contributed by atoms with E-state index in [9.17, 15) is 4.79 Å². The molecule has 12 heavy (non-hydrogen) atoms. The molecule has 0 bridgehead atoms. The Kier molecular flexibility index (Phi) is 3.26. The van der Waals surface area contributed by atoms with Crippen molar-refractivity contribution >= 4 is 41.4 Å². The second-order valence-electron chi connectivity index (χ2n) is 2.01. The van der Waals surface area contributed by atoms with Gasteiger partial charge in [-0.25, -0.2) is 0 Å². The van der Waals surface area contributed by atoms with E-state index in [0.29, 0.717) is 22.0 Å². The van der Waals surface area contributed by atoms with Crippen molar-refractivity contribution in [2.75, 3.05) is 0 Å². The molecule has 0 N–H and O–H groups in total. The molecule has 1 aromatic carbocycles. The maximum Gasteiger partial charge on any atom is 0.161 e. The van der Waals surface area contributed by atoms with Crippen LogP contribution >= 0.6 is 23.2 Å². The van der Waals surface area contributed by atoms with Crippen LogP contribution in [0.4, 0.5) is 5.69 Å². The van der Waals surface area contributed by atoms with Crippen LogP contribution in [-0.2, 0) is 4.79 Å². The fourth-order valence-corrected chi connectivity index (χ4v) is 0.974. The van der Waals surface area contributed by atoms with Crippen molar-refractivity contribution in [2.24, 2.45) is 4.99 Å². The summed E-state index contributed by atoms with van der Waals surface area (Å²) in [6, 6.07) is 4.89. The van der Waals surface area contributed by atoms with Gasteiger partial charge in [-0.15, -0.1) is 0 Å². The first-order valence-electron chi connectivity index (χ1n) is 3.17. The summed E-state index contributed by atoms with van der Waals surface area (Å²) >= 11 is 11.4. The van der Waals surface area contributed by atoms with Gasteiger partial charge in [-0.2, -0.15) is 0 Å². The van der Waals surface area contributed by atoms with E-state index in [2.05, 4.69) is 4.99 Å². The van der Waals surface area contributed by atoms with Crippen LogP contribution < -0.4 is 0 Å². The molecule has 4 heteroatoms. The first kappa shape index (κ1) is 9.23. The molecule has 0 saturated carbocycles. The monoisotopic (exact) mass is 201 g/mol. The lowest BCUT2D eigenvalue weighted by atomic mass is 10.3. The Labute approximate surface area is 79.8 Å². The van der Waals surface area contributed by atoms with Crippen molar-refractivity contribution in [2.45, 2.75) is 0 Å². The van der Waals surface area contributed by atoms with Crippen LogP contribution in [0.1, 0.15) is 0 Å². The smallest absolute Gasteiger partial charge is 0.161 e. The van der Waals surface area contributed by atoms with Crippen molar-refractivity contribution in [3.63, 3.8) is 0 Å². The van der Waals surface area contributed by atoms with E-state index in [4.69, 9.17) is 23.2 Å². The first-order valence-corrected chi connectivity index (χ1v) is 3.92. The fourth-order valence-electron chi connectivity index (χ4n) is 0.682. The standard InChI is InChI=1S/C8H5Cl2NO/c9-7-2-1-6(5-8(7)10)11-3-4-12/h1-5H. The molecule has 0 saturated heterocycles. The van der Waals surface area contributed by atoms with E-state index in [0.717, 1.165) is 6.21 Å². The molecule has 0 aromatic heterocycles. The number of hydrogen-bond acceptors (Lipinski definition) is 2. The quantitative estimate of drug-likeness (QED) is 0.535. The minimum absolute atomic E-state index is 0.428. The van der Waals surface area contributed by atoms with Crippen molar-refractivity contribution in [3.8, 4) is 0 Å². The predicted octanol–water partition coefficient (Wildman–Crippen LogP) is 2.89. The summed E-state index contributed by atoms with van der Waals surface area (Å²) in [4.78, 5) is 13.7. The lowest BCUT2D eigenvalue weighted by Crippen LogP contribution is -1.73. The largest absolute Gasteiger partial charge is 0.297 e. The number of aldehydes is 1. The average Bonchev–Trinajstić information content (AvgIpc) is 2.07. The maximum absolute atomic E-state index is 9.92. The zero-order valence-electron chi connectivity index (χ0n) is 6.00. The van der Waals surface area contributed by atoms with Gasteiger partial charge in [0, 0.05) is 0 Å². The number of benzene rings is 1. The third-order valence-corrected chi connectivity index (χ3v) is 1.93. The molecular weight excluding hydrogens is 197 g/mol. The van der Waals surface area contributed by atoms with E-state index in [-0.39, 0.29) is 0 Å². The minimum atomic E-state index is 0.428. The Morgan fingerprint density at radius 1 is 1.25 bits per heavy atom. The molecule has 1 rings (SSSR count). The van der Waals surface area contributed by atoms with Crippen molar-refractivity contribution in [3.05, 3.63) is 28.2 Å². The van der Waals surface area contributed by atoms with Crippen LogP contribution in [0, 0.1) is 0 Å². The molecule has 0 aliphatic carbocycles. The summed E-state index contributed by atoms with van der Waals surface area (Å²) < 4.78 is 0. The normalized spacial score (nSPS) is 10.5. The zero-order valence-corrected chi connectivity index (χ0v) is 7.51. The molecule has 0 aliphatic rings. The third-order valence-electron chi connectivity index (χ3n) is 1.19. The van der Waals surface area contributed by atoms with Gasteiger partial charge in [0.15, 0.2) is 6.29 Å². The summed E-state index contributed by atoms with van der Waals surface area (Å²) in [6.07, 6.45) is 1.75. The van der Waals surface area contributed by atoms with Crippen molar-refractivity contribution in [1.82, 2.24) is 0 Å². The Balaban J connectivity index is 2.96. The number of aliphatic imine (C=N–C) groups is 1. The van der Waals surface area contributed by atoms with Crippen LogP contribution in [0.2, 0.25) is 10.0 Å². The highest BCUT2D eigenvalue weighted by Crippen LogP contribution is 2.26. The van der Waals surface area contributed by atoms with Gasteiger partial charge in [0.05, 0.1) is 21.9 Å². The number of hydrogen-bond donors (Lipinski definition) is 0. The van der Waals surface area contributed by atoms with Crippen LogP contribution in [-0.4, -0.2) is 12.5 Å². The van der Waals surface area contributed by atoms with Crippen LogP contribution in [0.3, 0.4) is 0 Å². The SMILES string of the molecule is O=CC=Nc1ccc(Cl)c(Cl)c1. The van der Waals surface area contributed by atoms with Crippen molar-refractivity contribution < 1.29 is 4.79 Å². The van der Waals surface area contributed by atoms with Crippen LogP contribution in [0.5, 0.6) is 0 Å². The Hall–Kier alpha value is -0.860. The number of halogens is 2. The van der Waals surface area contributed by atoms with Crippen molar-refractivity contribution in [1.29, 1.82) is 0 Å². The number of nitrogens with zero attached hydrogens (tertiary/aromatic N) is 1. The van der Waals surface area contributed by atoms with Gasteiger partial charge in [0.25, 0.3) is 0 Å². The van der Waals surface area contributed by atoms with Crippen LogP contribution in [0.15, 0.2) is 23.2 Å². The van der Waals surface area contributed by atoms with Gasteiger partial charge in [-0.05, 0) is 18.2 Å². The molecule has 2 nitrogen and oxygen atoms in total. The molecule has 0 aliphatic heterocycles. The molecule has 1 aromatic rings. The summed E-state index contributed by atoms with van der Waals surface area (Å²) in [5, 5.41) is 0.902. The molecule has 62 valence electrons. The maximum atomic E-state index is 9.92. The molecule has 0 fully saturated rings. The van der Waals surface area contributed by atoms with Gasteiger partial charge in [-0.3, -0.25) is 9.79 Å². The van der Waals surface area contributed by atoms with Gasteiger partial charge < -0.3 is 0 Å². The molecular formula is C8H5Cl2NO. The average molecular weight is 202 g/mol. The highest BCUT2D eigenvalue weighted by Gasteiger charge is 1.96. The molecule has 0 radical (unpaired) electrons. The lowest BCUT2D eigenvalue weighted by molar-refractivity contribution is -0.102. The predicted molar refractivity (Wildman–Crippen MR) is 50.7 cm³/mol. The lowest BCUT2D eigenvalue weighted by Gasteiger charge is -1.95. The second-order valence-corrected chi connectivity index (χ2v) is 2.83. The van der Waals surface area contributed by atoms with Gasteiger partial charge in [0.2, 0.25) is 0 Å². The van der Waals surface area contributed by atoms with E-state index >= 15 is 0 Å². The second kappa shape index (κ2) is 4.24. The summed E-state index contributed by atoms with van der Waals surface area (Å²) in [6.45, 7) is 0. The molecule has 0 amide bonds. The highest BCUT2D eigenvalue weighted by molar-refractivity contribution is 6.42. The summed E-state index contributed by atoms with van der Waals surface area (Å²) in [7, 11) is 0. The Bertz CT molecular complexity index is 323. The summed E-state index contributed by atoms with van der Waals surface area (Å²) in [5.74, 6) is 0. The first-order chi connectivity index (χ1) is 5.74. The van der Waals surface area contributed by atoms with Crippen LogP contribution in [0.25, 0.3) is 0 Å². The Morgan fingerprint density at radius 3 is 2.58 bits per heavy atom. The van der Waals surface area contributed by atoms with E-state index in [1.165, 1.54) is 0 Å². The zero-order chi connectivity index (χ0) is 8.97. The van der Waals surface area contributed by atoms with Gasteiger partial charge >= 0.3 is 0 Å². The molecule has 0 heterocycles. The van der Waals surface area contributed by atoms with E-state index in [1.807, 2.05) is 0 Å². The molecule has 0 unspecified atom stereocenters. The number of rotatable bonds is 2. The van der Waals surface area contributed by atoms with E-state index in [1.54, 1.807) is 18.2 Å². The summed E-state index contributed by atoms with van der Waals surface area (Å²) in [5.41, 5.74) is 0.608. The molecule has 0 atom stereocenters. The highest BCUT2D eigenvalue weighted by atomic mass is 35.5. The number of carbonyl (C=O) groups is 1. The molecule has 0 spiro atoms. The Morgan fingerprint density at radius 2 is 2.00 bits per heavy atom. The number of carbonyl (C=O) groups excluding carboxylic acids is 1. The van der Waals surface area contributed by atoms with E-state index < -0.39 is 0 Å². The minimum Gasteiger partial charge on any atom is -0.297 e. The topological polar surface area (TPSA) is 29.4 Å². The fraction of sp³-hybridized carbons (Fsp3) is 0.